The van der Waals surface area contributed by atoms with Crippen LogP contribution in [0.15, 0.2) is 18.2 Å². The molecule has 2 rings (SSSR count). The summed E-state index contributed by atoms with van der Waals surface area (Å²) in [6, 6.07) is 5.95. The molecular formula is C14H21ClN2O2S. The maximum atomic E-state index is 12.0. The third-order valence-corrected chi connectivity index (χ3v) is 4.27. The highest BCUT2D eigenvalue weighted by Crippen LogP contribution is 2.21. The van der Waals surface area contributed by atoms with Gasteiger partial charge in [-0.25, -0.2) is 0 Å². The van der Waals surface area contributed by atoms with Gasteiger partial charge in [-0.05, 0) is 30.7 Å². The number of aryl methyl sites for hydroxylation is 1. The molecule has 0 aromatic heterocycles. The summed E-state index contributed by atoms with van der Waals surface area (Å²) in [6.07, 6.45) is 0.526. The standard InChI is InChI=1S/C14H20N2O2S.ClH/c1-10-7-12(18-2)3-4-13(10)16-14(17)8-11-9-19-6-5-15-11;/h3-4,7,11,15H,5-6,8-9H2,1-2H3,(H,16,17);1H. The van der Waals surface area contributed by atoms with E-state index in [2.05, 4.69) is 10.6 Å². The lowest BCUT2D eigenvalue weighted by Crippen LogP contribution is -2.39. The van der Waals surface area contributed by atoms with Crippen molar-refractivity contribution in [2.75, 3.05) is 30.5 Å². The number of rotatable bonds is 4. The SMILES string of the molecule is COc1ccc(NC(=O)CC2CSCCN2)c(C)c1.Cl. The van der Waals surface area contributed by atoms with Gasteiger partial charge in [0.1, 0.15) is 5.75 Å². The van der Waals surface area contributed by atoms with E-state index in [4.69, 9.17) is 4.74 Å². The molecule has 0 radical (unpaired) electrons. The van der Waals surface area contributed by atoms with Gasteiger partial charge in [0.05, 0.1) is 7.11 Å². The van der Waals surface area contributed by atoms with Crippen molar-refractivity contribution in [1.29, 1.82) is 0 Å². The third-order valence-electron chi connectivity index (χ3n) is 3.14. The minimum Gasteiger partial charge on any atom is -0.497 e. The molecule has 1 unspecified atom stereocenters. The molecule has 1 fully saturated rings. The van der Waals surface area contributed by atoms with Crippen molar-refractivity contribution < 1.29 is 9.53 Å². The molecule has 1 aliphatic rings. The number of methoxy groups -OCH3 is 1. The van der Waals surface area contributed by atoms with Crippen molar-refractivity contribution in [2.45, 2.75) is 19.4 Å². The van der Waals surface area contributed by atoms with Crippen LogP contribution in [0, 0.1) is 6.92 Å². The summed E-state index contributed by atoms with van der Waals surface area (Å²) in [7, 11) is 1.64. The molecule has 2 N–H and O–H groups in total. The molecule has 4 nitrogen and oxygen atoms in total. The van der Waals surface area contributed by atoms with Gasteiger partial charge in [-0.1, -0.05) is 0 Å². The van der Waals surface area contributed by atoms with Gasteiger partial charge >= 0.3 is 0 Å². The van der Waals surface area contributed by atoms with E-state index in [1.165, 1.54) is 0 Å². The van der Waals surface area contributed by atoms with E-state index in [0.717, 1.165) is 35.1 Å². The predicted molar refractivity (Wildman–Crippen MR) is 87.3 cm³/mol. The van der Waals surface area contributed by atoms with Crippen LogP contribution in [0.3, 0.4) is 0 Å². The summed E-state index contributed by atoms with van der Waals surface area (Å²) >= 11 is 1.90. The third kappa shape index (κ3) is 4.89. The van der Waals surface area contributed by atoms with Gasteiger partial charge in [-0.2, -0.15) is 11.8 Å². The molecule has 1 aromatic carbocycles. The van der Waals surface area contributed by atoms with E-state index in [0.29, 0.717) is 6.42 Å². The number of halogens is 1. The lowest BCUT2D eigenvalue weighted by molar-refractivity contribution is -0.116. The summed E-state index contributed by atoms with van der Waals surface area (Å²) in [5.74, 6) is 3.01. The van der Waals surface area contributed by atoms with Crippen LogP contribution in [0.1, 0.15) is 12.0 Å². The average molecular weight is 317 g/mol. The van der Waals surface area contributed by atoms with Crippen LogP contribution in [0.4, 0.5) is 5.69 Å². The Labute approximate surface area is 130 Å². The zero-order valence-corrected chi connectivity index (χ0v) is 13.4. The number of nitrogens with one attached hydrogen (secondary N) is 2. The number of benzene rings is 1. The van der Waals surface area contributed by atoms with E-state index in [1.807, 2.05) is 36.9 Å². The number of carbonyl (C=O) groups excluding carboxylic acids is 1. The minimum atomic E-state index is 0. The number of carbonyl (C=O) groups is 1. The number of hydrogen-bond acceptors (Lipinski definition) is 4. The second kappa shape index (κ2) is 8.39. The molecule has 1 amide bonds. The van der Waals surface area contributed by atoms with E-state index in [-0.39, 0.29) is 24.4 Å². The van der Waals surface area contributed by atoms with Crippen molar-refractivity contribution in [2.24, 2.45) is 0 Å². The molecule has 0 bridgehead atoms. The Morgan fingerprint density at radius 2 is 2.35 bits per heavy atom. The molecule has 1 saturated heterocycles. The van der Waals surface area contributed by atoms with Crippen molar-refractivity contribution in [3.8, 4) is 5.75 Å². The Morgan fingerprint density at radius 1 is 1.55 bits per heavy atom. The van der Waals surface area contributed by atoms with Crippen LogP contribution in [0.2, 0.25) is 0 Å². The first-order chi connectivity index (χ1) is 9.19. The highest BCUT2D eigenvalue weighted by molar-refractivity contribution is 7.99. The molecule has 1 atom stereocenters. The largest absolute Gasteiger partial charge is 0.497 e. The fourth-order valence-corrected chi connectivity index (χ4v) is 3.03. The van der Waals surface area contributed by atoms with Gasteiger partial charge in [-0.15, -0.1) is 12.4 Å². The summed E-state index contributed by atoms with van der Waals surface area (Å²) in [6.45, 7) is 2.96. The lowest BCUT2D eigenvalue weighted by Gasteiger charge is -2.22. The molecule has 0 spiro atoms. The Balaban J connectivity index is 0.00000200. The van der Waals surface area contributed by atoms with Crippen molar-refractivity contribution in [3.63, 3.8) is 0 Å². The van der Waals surface area contributed by atoms with Gasteiger partial charge in [0.15, 0.2) is 0 Å². The Bertz CT molecular complexity index is 451. The predicted octanol–water partition coefficient (Wildman–Crippen LogP) is 2.46. The maximum absolute atomic E-state index is 12.0. The molecule has 112 valence electrons. The van der Waals surface area contributed by atoms with Gasteiger partial charge in [0, 0.05) is 36.2 Å². The average Bonchev–Trinajstić information content (AvgIpc) is 2.42. The highest BCUT2D eigenvalue weighted by atomic mass is 35.5. The second-order valence-electron chi connectivity index (χ2n) is 4.66. The van der Waals surface area contributed by atoms with E-state index >= 15 is 0 Å². The zero-order chi connectivity index (χ0) is 13.7. The topological polar surface area (TPSA) is 50.4 Å². The highest BCUT2D eigenvalue weighted by Gasteiger charge is 2.17. The molecule has 20 heavy (non-hydrogen) atoms. The molecule has 0 saturated carbocycles. The summed E-state index contributed by atoms with van der Waals surface area (Å²) in [4.78, 5) is 12.0. The summed E-state index contributed by atoms with van der Waals surface area (Å²) in [5, 5.41) is 6.33. The molecule has 1 aliphatic heterocycles. The molecule has 6 heteroatoms. The normalized spacial score (nSPS) is 18.0. The Hall–Kier alpha value is -0.910. The van der Waals surface area contributed by atoms with E-state index in [9.17, 15) is 4.79 Å². The van der Waals surface area contributed by atoms with Crippen LogP contribution in [-0.4, -0.2) is 37.1 Å². The first-order valence-corrected chi connectivity index (χ1v) is 7.60. The summed E-state index contributed by atoms with van der Waals surface area (Å²) < 4.78 is 5.15. The summed E-state index contributed by atoms with van der Waals surface area (Å²) in [5.41, 5.74) is 1.87. The minimum absolute atomic E-state index is 0. The second-order valence-corrected chi connectivity index (χ2v) is 5.81. The van der Waals surface area contributed by atoms with Crippen molar-refractivity contribution in [1.82, 2.24) is 5.32 Å². The Kier molecular flexibility index (Phi) is 7.19. The zero-order valence-electron chi connectivity index (χ0n) is 11.8. The Morgan fingerprint density at radius 3 is 2.95 bits per heavy atom. The fraction of sp³-hybridized carbons (Fsp3) is 0.500. The number of hydrogen-bond donors (Lipinski definition) is 2. The van der Waals surface area contributed by atoms with Gasteiger partial charge in [0.2, 0.25) is 5.91 Å². The number of anilines is 1. The fourth-order valence-electron chi connectivity index (χ4n) is 2.08. The number of thioether (sulfide) groups is 1. The molecule has 1 aromatic rings. The molecular weight excluding hydrogens is 296 g/mol. The van der Waals surface area contributed by atoms with Gasteiger partial charge in [0.25, 0.3) is 0 Å². The van der Waals surface area contributed by atoms with E-state index < -0.39 is 0 Å². The monoisotopic (exact) mass is 316 g/mol. The van der Waals surface area contributed by atoms with Gasteiger partial charge in [-0.3, -0.25) is 4.79 Å². The number of amides is 1. The van der Waals surface area contributed by atoms with Crippen LogP contribution >= 0.6 is 24.2 Å². The van der Waals surface area contributed by atoms with Gasteiger partial charge < -0.3 is 15.4 Å². The van der Waals surface area contributed by atoms with Crippen molar-refractivity contribution in [3.05, 3.63) is 23.8 Å². The first kappa shape index (κ1) is 17.1. The number of ether oxygens (including phenoxy) is 1. The van der Waals surface area contributed by atoms with Crippen LogP contribution in [0.5, 0.6) is 5.75 Å². The smallest absolute Gasteiger partial charge is 0.225 e. The van der Waals surface area contributed by atoms with Crippen LogP contribution in [0.25, 0.3) is 0 Å². The quantitative estimate of drug-likeness (QED) is 0.896. The molecule has 1 heterocycles. The van der Waals surface area contributed by atoms with Crippen molar-refractivity contribution >= 4 is 35.8 Å². The molecule has 0 aliphatic carbocycles. The first-order valence-electron chi connectivity index (χ1n) is 6.44. The van der Waals surface area contributed by atoms with Crippen LogP contribution < -0.4 is 15.4 Å². The van der Waals surface area contributed by atoms with E-state index in [1.54, 1.807) is 7.11 Å². The van der Waals surface area contributed by atoms with Crippen LogP contribution in [-0.2, 0) is 4.79 Å². The lowest BCUT2D eigenvalue weighted by atomic mass is 10.1. The maximum Gasteiger partial charge on any atom is 0.225 e.